The van der Waals surface area contributed by atoms with E-state index in [1.54, 1.807) is 37.4 Å². The minimum absolute atomic E-state index is 0.202. The Hall–Kier alpha value is -3.71. The van der Waals surface area contributed by atoms with Crippen molar-refractivity contribution in [1.82, 2.24) is 0 Å². The van der Waals surface area contributed by atoms with Gasteiger partial charge in [0.05, 0.1) is 25.6 Å². The van der Waals surface area contributed by atoms with E-state index in [-0.39, 0.29) is 11.6 Å². The van der Waals surface area contributed by atoms with Crippen molar-refractivity contribution in [3.8, 4) is 11.5 Å². The molecule has 0 aliphatic carbocycles. The van der Waals surface area contributed by atoms with Crippen LogP contribution in [0.2, 0.25) is 0 Å². The number of aryl methyl sites for hydroxylation is 1. The van der Waals surface area contributed by atoms with Gasteiger partial charge in [0.25, 0.3) is 11.8 Å². The molecule has 0 saturated carbocycles. The van der Waals surface area contributed by atoms with Crippen LogP contribution in [0.15, 0.2) is 88.3 Å². The first-order valence-electron chi connectivity index (χ1n) is 9.93. The molecule has 0 aromatic heterocycles. The van der Waals surface area contributed by atoms with Crippen LogP contribution in [-0.4, -0.2) is 26.0 Å². The Morgan fingerprint density at radius 1 is 0.844 bits per heavy atom. The van der Waals surface area contributed by atoms with Crippen LogP contribution < -0.4 is 19.7 Å². The molecule has 6 nitrogen and oxygen atoms in total. The van der Waals surface area contributed by atoms with Crippen LogP contribution in [0.4, 0.5) is 11.4 Å². The average molecular weight is 447 g/mol. The first-order valence-corrected chi connectivity index (χ1v) is 10.7. The Kier molecular flexibility index (Phi) is 6.18. The Labute approximate surface area is 190 Å². The van der Waals surface area contributed by atoms with Crippen molar-refractivity contribution >= 4 is 35.0 Å². The van der Waals surface area contributed by atoms with E-state index in [0.29, 0.717) is 27.8 Å². The maximum atomic E-state index is 13.4. The van der Waals surface area contributed by atoms with Crippen molar-refractivity contribution in [3.05, 3.63) is 89.0 Å². The van der Waals surface area contributed by atoms with Crippen LogP contribution in [0.1, 0.15) is 5.56 Å². The van der Waals surface area contributed by atoms with E-state index in [9.17, 15) is 9.59 Å². The van der Waals surface area contributed by atoms with Crippen LogP contribution in [0.25, 0.3) is 0 Å². The normalized spacial score (nSPS) is 13.5. The molecule has 162 valence electrons. The lowest BCUT2D eigenvalue weighted by Crippen LogP contribution is -2.32. The highest BCUT2D eigenvalue weighted by molar-refractivity contribution is 8.04. The molecule has 1 N–H and O–H groups in total. The molecular formula is C25H22N2O4S. The quantitative estimate of drug-likeness (QED) is 0.515. The molecule has 0 spiro atoms. The van der Waals surface area contributed by atoms with Gasteiger partial charge < -0.3 is 14.8 Å². The number of benzene rings is 3. The molecule has 4 rings (SSSR count). The molecule has 1 aliphatic rings. The summed E-state index contributed by atoms with van der Waals surface area (Å²) < 4.78 is 10.7. The predicted molar refractivity (Wildman–Crippen MR) is 126 cm³/mol. The number of hydrogen-bond acceptors (Lipinski definition) is 6. The van der Waals surface area contributed by atoms with Crippen LogP contribution in [-0.2, 0) is 9.59 Å². The number of nitrogens with one attached hydrogen (secondary N) is 1. The molecule has 0 saturated heterocycles. The van der Waals surface area contributed by atoms with Crippen LogP contribution in [0.5, 0.6) is 11.5 Å². The Bertz CT molecular complexity index is 1190. The van der Waals surface area contributed by atoms with Gasteiger partial charge in [-0.05, 0) is 43.3 Å². The van der Waals surface area contributed by atoms with Crippen molar-refractivity contribution in [2.75, 3.05) is 24.4 Å². The van der Waals surface area contributed by atoms with E-state index in [1.165, 1.54) is 23.8 Å². The molecule has 0 bridgehead atoms. The number of thioether (sulfide) groups is 1. The second kappa shape index (κ2) is 9.20. The van der Waals surface area contributed by atoms with E-state index in [0.717, 1.165) is 10.5 Å². The molecule has 1 heterocycles. The van der Waals surface area contributed by atoms with Crippen molar-refractivity contribution < 1.29 is 19.1 Å². The van der Waals surface area contributed by atoms with Crippen molar-refractivity contribution in [2.45, 2.75) is 11.8 Å². The number of methoxy groups -OCH3 is 2. The lowest BCUT2D eigenvalue weighted by molar-refractivity contribution is -0.120. The number of amides is 2. The van der Waals surface area contributed by atoms with E-state index in [4.69, 9.17) is 9.47 Å². The predicted octanol–water partition coefficient (Wildman–Crippen LogP) is 5.00. The van der Waals surface area contributed by atoms with Gasteiger partial charge in [0.2, 0.25) is 0 Å². The van der Waals surface area contributed by atoms with E-state index in [2.05, 4.69) is 5.32 Å². The second-order valence-electron chi connectivity index (χ2n) is 7.09. The van der Waals surface area contributed by atoms with Crippen molar-refractivity contribution in [2.24, 2.45) is 0 Å². The number of carbonyl (C=O) groups excluding carboxylic acids is 2. The summed E-state index contributed by atoms with van der Waals surface area (Å²) in [7, 11) is 3.10. The first kappa shape index (κ1) is 21.5. The minimum atomic E-state index is -0.421. The summed E-state index contributed by atoms with van der Waals surface area (Å²) in [5.41, 5.74) is 2.32. The lowest BCUT2D eigenvalue weighted by atomic mass is 10.2. The van der Waals surface area contributed by atoms with Gasteiger partial charge in [0, 0.05) is 11.0 Å². The molecule has 3 aromatic carbocycles. The molecular weight excluding hydrogens is 424 g/mol. The zero-order chi connectivity index (χ0) is 22.7. The fourth-order valence-electron chi connectivity index (χ4n) is 3.29. The molecule has 32 heavy (non-hydrogen) atoms. The van der Waals surface area contributed by atoms with Crippen molar-refractivity contribution in [1.29, 1.82) is 0 Å². The Morgan fingerprint density at radius 3 is 2.22 bits per heavy atom. The highest BCUT2D eigenvalue weighted by Crippen LogP contribution is 2.39. The maximum Gasteiger partial charge on any atom is 0.283 e. The molecule has 7 heteroatoms. The number of imide groups is 1. The number of ether oxygens (including phenoxy) is 2. The summed E-state index contributed by atoms with van der Waals surface area (Å²) in [6, 6.07) is 22.0. The zero-order valence-corrected chi connectivity index (χ0v) is 18.7. The van der Waals surface area contributed by atoms with Gasteiger partial charge in [-0.15, -0.1) is 0 Å². The average Bonchev–Trinajstić information content (AvgIpc) is 3.04. The summed E-state index contributed by atoms with van der Waals surface area (Å²) in [4.78, 5) is 29.2. The monoisotopic (exact) mass is 446 g/mol. The van der Waals surface area contributed by atoms with Gasteiger partial charge in [0.1, 0.15) is 22.1 Å². The third-order valence-corrected chi connectivity index (χ3v) is 6.06. The highest BCUT2D eigenvalue weighted by Gasteiger charge is 2.40. The maximum absolute atomic E-state index is 13.4. The Morgan fingerprint density at radius 2 is 1.56 bits per heavy atom. The summed E-state index contributed by atoms with van der Waals surface area (Å²) in [5.74, 6) is 0.322. The smallest absolute Gasteiger partial charge is 0.283 e. The summed E-state index contributed by atoms with van der Waals surface area (Å²) in [6.07, 6.45) is 0. The van der Waals surface area contributed by atoms with E-state index < -0.39 is 5.91 Å². The molecule has 2 amide bonds. The van der Waals surface area contributed by atoms with Crippen LogP contribution in [0, 0.1) is 6.92 Å². The van der Waals surface area contributed by atoms with Crippen LogP contribution >= 0.6 is 11.8 Å². The number of nitrogens with zero attached hydrogens (tertiary/aromatic N) is 1. The number of rotatable bonds is 7. The first-order chi connectivity index (χ1) is 15.5. The highest BCUT2D eigenvalue weighted by atomic mass is 32.2. The third-order valence-electron chi connectivity index (χ3n) is 4.97. The fourth-order valence-corrected chi connectivity index (χ4v) is 4.23. The van der Waals surface area contributed by atoms with Gasteiger partial charge >= 0.3 is 0 Å². The molecule has 1 aliphatic heterocycles. The number of hydrogen-bond donors (Lipinski definition) is 1. The van der Waals surface area contributed by atoms with E-state index in [1.807, 2.05) is 49.4 Å². The number of anilines is 2. The SMILES string of the molecule is COc1ccc(NC2=C(Sc3ccccc3)C(=O)N(c3ccc(C)cc3)C2=O)c(OC)c1. The largest absolute Gasteiger partial charge is 0.497 e. The summed E-state index contributed by atoms with van der Waals surface area (Å²) in [6.45, 7) is 1.95. The topological polar surface area (TPSA) is 67.9 Å². The molecule has 0 fully saturated rings. The van der Waals surface area contributed by atoms with E-state index >= 15 is 0 Å². The third kappa shape index (κ3) is 4.20. The van der Waals surface area contributed by atoms with Gasteiger partial charge in [-0.2, -0.15) is 0 Å². The molecule has 0 unspecified atom stereocenters. The molecule has 0 radical (unpaired) electrons. The summed E-state index contributed by atoms with van der Waals surface area (Å²) in [5, 5.41) is 3.14. The Balaban J connectivity index is 1.76. The minimum Gasteiger partial charge on any atom is -0.497 e. The van der Waals surface area contributed by atoms with Gasteiger partial charge in [-0.1, -0.05) is 47.7 Å². The molecule has 0 atom stereocenters. The summed E-state index contributed by atoms with van der Waals surface area (Å²) >= 11 is 1.25. The lowest BCUT2D eigenvalue weighted by Gasteiger charge is -2.16. The van der Waals surface area contributed by atoms with Crippen molar-refractivity contribution in [3.63, 3.8) is 0 Å². The van der Waals surface area contributed by atoms with Gasteiger partial charge in [-0.25, -0.2) is 4.90 Å². The van der Waals surface area contributed by atoms with Crippen LogP contribution in [0.3, 0.4) is 0 Å². The zero-order valence-electron chi connectivity index (χ0n) is 17.9. The van der Waals surface area contributed by atoms with Gasteiger partial charge in [0.15, 0.2) is 0 Å². The fraction of sp³-hybridized carbons (Fsp3) is 0.120. The molecule has 3 aromatic rings. The number of carbonyl (C=O) groups is 2. The second-order valence-corrected chi connectivity index (χ2v) is 8.18. The van der Waals surface area contributed by atoms with Gasteiger partial charge in [-0.3, -0.25) is 9.59 Å². The standard InChI is InChI=1S/C25H22N2O4S/c1-16-9-11-17(12-10-16)27-24(28)22(23(25(27)29)32-19-7-5-4-6-8-19)26-20-14-13-18(30-2)15-21(20)31-3/h4-15,26H,1-3H3.